The topological polar surface area (TPSA) is 50.3 Å². The summed E-state index contributed by atoms with van der Waals surface area (Å²) in [6.07, 6.45) is 5.67. The molecule has 0 aromatic carbocycles. The van der Waals surface area contributed by atoms with Gasteiger partial charge in [0.25, 0.3) is 0 Å². The first-order valence-corrected chi connectivity index (χ1v) is 10.2. The summed E-state index contributed by atoms with van der Waals surface area (Å²) in [6, 6.07) is 0. The molecular weight excluding hydrogens is 304 g/mol. The second kappa shape index (κ2) is 5.97. The SMILES string of the molecule is Cc1nc(C2CCN(S(=O)(=O)C3CCCC3)CC2)sc1C. The molecular formula is C15H24N2O2S2. The molecule has 3 rings (SSSR count). The van der Waals surface area contributed by atoms with Gasteiger partial charge >= 0.3 is 0 Å². The Kier molecular flexibility index (Phi) is 4.39. The minimum atomic E-state index is -3.05. The Bertz CT molecular complexity index is 576. The van der Waals surface area contributed by atoms with Gasteiger partial charge in [0.15, 0.2) is 0 Å². The first-order chi connectivity index (χ1) is 9.98. The lowest BCUT2D eigenvalue weighted by Crippen LogP contribution is -2.42. The van der Waals surface area contributed by atoms with Gasteiger partial charge in [-0.25, -0.2) is 17.7 Å². The lowest BCUT2D eigenvalue weighted by Gasteiger charge is -2.32. The zero-order chi connectivity index (χ0) is 15.0. The molecule has 1 aliphatic heterocycles. The van der Waals surface area contributed by atoms with Crippen LogP contribution in [0.1, 0.15) is 60.0 Å². The van der Waals surface area contributed by atoms with Crippen molar-refractivity contribution in [2.75, 3.05) is 13.1 Å². The number of nitrogens with zero attached hydrogens (tertiary/aromatic N) is 2. The highest BCUT2D eigenvalue weighted by Gasteiger charge is 2.36. The van der Waals surface area contributed by atoms with Crippen molar-refractivity contribution in [1.82, 2.24) is 9.29 Å². The molecule has 0 atom stereocenters. The maximum absolute atomic E-state index is 12.6. The Labute approximate surface area is 131 Å². The second-order valence-corrected chi connectivity index (χ2v) is 9.77. The fraction of sp³-hybridized carbons (Fsp3) is 0.800. The van der Waals surface area contributed by atoms with E-state index in [4.69, 9.17) is 0 Å². The fourth-order valence-electron chi connectivity index (χ4n) is 3.43. The molecule has 1 saturated heterocycles. The van der Waals surface area contributed by atoms with Crippen LogP contribution in [0.5, 0.6) is 0 Å². The molecule has 118 valence electrons. The van der Waals surface area contributed by atoms with Crippen LogP contribution in [-0.4, -0.2) is 36.0 Å². The average molecular weight is 329 g/mol. The minimum absolute atomic E-state index is 0.113. The first-order valence-electron chi connectivity index (χ1n) is 7.91. The number of piperidine rings is 1. The summed E-state index contributed by atoms with van der Waals surface area (Å²) in [4.78, 5) is 5.93. The van der Waals surface area contributed by atoms with Gasteiger partial charge in [0, 0.05) is 23.9 Å². The van der Waals surface area contributed by atoms with Crippen LogP contribution in [0.4, 0.5) is 0 Å². The smallest absolute Gasteiger partial charge is 0.216 e. The molecule has 0 bridgehead atoms. The zero-order valence-corrected chi connectivity index (χ0v) is 14.5. The van der Waals surface area contributed by atoms with Crippen LogP contribution in [0, 0.1) is 13.8 Å². The van der Waals surface area contributed by atoms with Gasteiger partial charge in [-0.2, -0.15) is 0 Å². The van der Waals surface area contributed by atoms with Crippen molar-refractivity contribution in [2.24, 2.45) is 0 Å². The van der Waals surface area contributed by atoms with Crippen molar-refractivity contribution >= 4 is 21.4 Å². The van der Waals surface area contributed by atoms with Crippen molar-refractivity contribution in [1.29, 1.82) is 0 Å². The van der Waals surface area contributed by atoms with E-state index in [0.717, 1.165) is 44.2 Å². The van der Waals surface area contributed by atoms with Gasteiger partial charge in [-0.15, -0.1) is 11.3 Å². The van der Waals surface area contributed by atoms with Gasteiger partial charge in [0.2, 0.25) is 10.0 Å². The number of hydrogen-bond donors (Lipinski definition) is 0. The molecule has 0 unspecified atom stereocenters. The van der Waals surface area contributed by atoms with Gasteiger partial charge in [-0.1, -0.05) is 12.8 Å². The number of rotatable bonds is 3. The van der Waals surface area contributed by atoms with E-state index in [2.05, 4.69) is 18.8 Å². The summed E-state index contributed by atoms with van der Waals surface area (Å²) in [5.74, 6) is 0.442. The Morgan fingerprint density at radius 2 is 1.71 bits per heavy atom. The molecule has 1 aromatic rings. The number of aryl methyl sites for hydroxylation is 2. The van der Waals surface area contributed by atoms with E-state index in [1.54, 1.807) is 15.6 Å². The highest BCUT2D eigenvalue weighted by molar-refractivity contribution is 7.89. The number of sulfonamides is 1. The molecule has 1 aromatic heterocycles. The summed E-state index contributed by atoms with van der Waals surface area (Å²) in [7, 11) is -3.05. The lowest BCUT2D eigenvalue weighted by atomic mass is 9.99. The van der Waals surface area contributed by atoms with Crippen LogP contribution in [0.25, 0.3) is 0 Å². The van der Waals surface area contributed by atoms with E-state index in [-0.39, 0.29) is 5.25 Å². The Hall–Kier alpha value is -0.460. The highest BCUT2D eigenvalue weighted by Crippen LogP contribution is 2.35. The summed E-state index contributed by atoms with van der Waals surface area (Å²) in [5, 5.41) is 1.08. The number of thiazole rings is 1. The van der Waals surface area contributed by atoms with E-state index in [1.165, 1.54) is 9.88 Å². The predicted octanol–water partition coefficient (Wildman–Crippen LogP) is 3.21. The van der Waals surface area contributed by atoms with Crippen LogP contribution in [0.3, 0.4) is 0 Å². The average Bonchev–Trinajstić information content (AvgIpc) is 3.10. The van der Waals surface area contributed by atoms with Gasteiger partial charge in [-0.05, 0) is 39.5 Å². The maximum atomic E-state index is 12.6. The summed E-state index contributed by atoms with van der Waals surface area (Å²) >= 11 is 1.78. The summed E-state index contributed by atoms with van der Waals surface area (Å²) < 4.78 is 26.9. The molecule has 0 amide bonds. The largest absolute Gasteiger partial charge is 0.246 e. The lowest BCUT2D eigenvalue weighted by molar-refractivity contribution is 0.315. The van der Waals surface area contributed by atoms with Crippen molar-refractivity contribution < 1.29 is 8.42 Å². The molecule has 0 radical (unpaired) electrons. The third-order valence-corrected chi connectivity index (χ3v) is 8.57. The molecule has 0 N–H and O–H groups in total. The van der Waals surface area contributed by atoms with E-state index >= 15 is 0 Å². The molecule has 6 heteroatoms. The minimum Gasteiger partial charge on any atom is -0.246 e. The van der Waals surface area contributed by atoms with Gasteiger partial charge < -0.3 is 0 Å². The van der Waals surface area contributed by atoms with E-state index in [9.17, 15) is 8.42 Å². The molecule has 1 aliphatic carbocycles. The van der Waals surface area contributed by atoms with Gasteiger partial charge in [-0.3, -0.25) is 0 Å². The van der Waals surface area contributed by atoms with Crippen LogP contribution >= 0.6 is 11.3 Å². The van der Waals surface area contributed by atoms with E-state index in [1.807, 2.05) is 0 Å². The van der Waals surface area contributed by atoms with Crippen molar-refractivity contribution in [3.8, 4) is 0 Å². The normalized spacial score (nSPS) is 23.0. The van der Waals surface area contributed by atoms with Gasteiger partial charge in [0.05, 0.1) is 16.0 Å². The van der Waals surface area contributed by atoms with Crippen LogP contribution in [0.2, 0.25) is 0 Å². The molecule has 1 saturated carbocycles. The van der Waals surface area contributed by atoms with Crippen LogP contribution in [-0.2, 0) is 10.0 Å². The molecule has 0 spiro atoms. The van der Waals surface area contributed by atoms with Gasteiger partial charge in [0.1, 0.15) is 0 Å². The number of aromatic nitrogens is 1. The van der Waals surface area contributed by atoms with E-state index in [0.29, 0.717) is 19.0 Å². The van der Waals surface area contributed by atoms with Crippen molar-refractivity contribution in [2.45, 2.75) is 63.5 Å². The quantitative estimate of drug-likeness (QED) is 0.856. The number of hydrogen-bond acceptors (Lipinski definition) is 4. The van der Waals surface area contributed by atoms with E-state index < -0.39 is 10.0 Å². The third kappa shape index (κ3) is 3.03. The molecule has 21 heavy (non-hydrogen) atoms. The van der Waals surface area contributed by atoms with Crippen LogP contribution in [0.15, 0.2) is 0 Å². The fourth-order valence-corrected chi connectivity index (χ4v) is 6.59. The maximum Gasteiger partial charge on any atom is 0.216 e. The zero-order valence-electron chi connectivity index (χ0n) is 12.8. The Morgan fingerprint density at radius 3 is 2.24 bits per heavy atom. The molecule has 2 aliphatic rings. The second-order valence-electron chi connectivity index (χ2n) is 6.32. The summed E-state index contributed by atoms with van der Waals surface area (Å²) in [6.45, 7) is 5.49. The Morgan fingerprint density at radius 1 is 1.10 bits per heavy atom. The molecule has 2 heterocycles. The van der Waals surface area contributed by atoms with Crippen molar-refractivity contribution in [3.63, 3.8) is 0 Å². The van der Waals surface area contributed by atoms with Crippen LogP contribution < -0.4 is 0 Å². The molecule has 2 fully saturated rings. The third-order valence-electron chi connectivity index (χ3n) is 4.93. The monoisotopic (exact) mass is 328 g/mol. The Balaban J connectivity index is 1.64. The highest BCUT2D eigenvalue weighted by atomic mass is 32.2. The molecule has 4 nitrogen and oxygen atoms in total. The predicted molar refractivity (Wildman–Crippen MR) is 86.3 cm³/mol. The summed E-state index contributed by atoms with van der Waals surface area (Å²) in [5.41, 5.74) is 1.12. The standard InChI is InChI=1S/C15H24N2O2S2/c1-11-12(2)20-15(16-11)13-7-9-17(10-8-13)21(18,19)14-5-3-4-6-14/h13-14H,3-10H2,1-2H3. The van der Waals surface area contributed by atoms with Crippen molar-refractivity contribution in [3.05, 3.63) is 15.6 Å². The first kappa shape index (κ1) is 15.4.